The van der Waals surface area contributed by atoms with Crippen LogP contribution in [0.3, 0.4) is 0 Å². The quantitative estimate of drug-likeness (QED) is 0.895. The first-order chi connectivity index (χ1) is 12.6. The fourth-order valence-electron chi connectivity index (χ4n) is 4.00. The summed E-state index contributed by atoms with van der Waals surface area (Å²) >= 11 is 0. The lowest BCUT2D eigenvalue weighted by Gasteiger charge is -2.42. The van der Waals surface area contributed by atoms with Crippen LogP contribution in [0.15, 0.2) is 35.4 Å². The number of ether oxygens (including phenoxy) is 1. The molecule has 0 unspecified atom stereocenters. The number of rotatable bonds is 4. The Morgan fingerprint density at radius 1 is 1.35 bits per heavy atom. The summed E-state index contributed by atoms with van der Waals surface area (Å²) in [6, 6.07) is 5.31. The third-order valence-electron chi connectivity index (χ3n) is 5.18. The number of hydrogen-bond donors (Lipinski definition) is 1. The number of likely N-dealkylation sites (tertiary alicyclic amines) is 1. The van der Waals surface area contributed by atoms with E-state index in [2.05, 4.69) is 10.4 Å². The van der Waals surface area contributed by atoms with Gasteiger partial charge in [0.1, 0.15) is 0 Å². The van der Waals surface area contributed by atoms with Crippen molar-refractivity contribution in [2.24, 2.45) is 5.92 Å². The van der Waals surface area contributed by atoms with Crippen molar-refractivity contribution in [1.82, 2.24) is 19.2 Å². The molecule has 2 bridgehead atoms. The zero-order valence-corrected chi connectivity index (χ0v) is 14.8. The lowest BCUT2D eigenvalue weighted by molar-refractivity contribution is 0.139. The molecular weight excluding hydrogens is 334 g/mol. The van der Waals surface area contributed by atoms with Crippen LogP contribution in [0.1, 0.15) is 18.0 Å². The third kappa shape index (κ3) is 3.24. The maximum Gasteiger partial charge on any atom is 0.321 e. The molecule has 8 nitrogen and oxygen atoms in total. The van der Waals surface area contributed by atoms with Gasteiger partial charge in [-0.3, -0.25) is 9.48 Å². The third-order valence-corrected chi connectivity index (χ3v) is 5.18. The van der Waals surface area contributed by atoms with Crippen LogP contribution in [0.25, 0.3) is 0 Å². The number of methoxy groups -OCH3 is 1. The Labute approximate surface area is 151 Å². The standard InChI is InChI=1S/C18H23N5O3/c1-26-6-5-22-12-15(8-19-22)20-18(25)21-9-13-7-14(11-21)16-3-2-4-17(24)23(16)10-13/h2-4,8,12-14H,5-7,9-11H2,1H3,(H,20,25)/t13-,14+/m0/s1. The molecule has 0 saturated carbocycles. The first kappa shape index (κ1) is 16.8. The number of carbonyl (C=O) groups excluding carboxylic acids is 1. The molecule has 1 N–H and O–H groups in total. The van der Waals surface area contributed by atoms with Crippen LogP contribution in [-0.2, 0) is 17.8 Å². The Hall–Kier alpha value is -2.61. The average molecular weight is 357 g/mol. The van der Waals surface area contributed by atoms with E-state index in [1.54, 1.807) is 30.3 Å². The van der Waals surface area contributed by atoms with Gasteiger partial charge < -0.3 is 19.5 Å². The second-order valence-corrected chi connectivity index (χ2v) is 7.02. The lowest BCUT2D eigenvalue weighted by atomic mass is 9.83. The lowest BCUT2D eigenvalue weighted by Crippen LogP contribution is -2.50. The van der Waals surface area contributed by atoms with Gasteiger partial charge in [-0.2, -0.15) is 5.10 Å². The summed E-state index contributed by atoms with van der Waals surface area (Å²) in [4.78, 5) is 26.6. The van der Waals surface area contributed by atoms with Crippen LogP contribution in [-0.4, -0.2) is 52.1 Å². The van der Waals surface area contributed by atoms with E-state index in [-0.39, 0.29) is 17.5 Å². The Morgan fingerprint density at radius 3 is 3.08 bits per heavy atom. The number of pyridine rings is 1. The Kier molecular flexibility index (Phi) is 4.50. The minimum absolute atomic E-state index is 0.0542. The highest BCUT2D eigenvalue weighted by Crippen LogP contribution is 2.35. The molecule has 4 rings (SSSR count). The topological polar surface area (TPSA) is 81.4 Å². The molecular formula is C18H23N5O3. The second-order valence-electron chi connectivity index (χ2n) is 7.02. The molecule has 2 atom stereocenters. The first-order valence-corrected chi connectivity index (χ1v) is 8.91. The van der Waals surface area contributed by atoms with Gasteiger partial charge in [0.15, 0.2) is 0 Å². The number of amides is 2. The smallest absolute Gasteiger partial charge is 0.321 e. The normalized spacial score (nSPS) is 21.3. The van der Waals surface area contributed by atoms with Crippen LogP contribution < -0.4 is 10.9 Å². The highest BCUT2D eigenvalue weighted by Gasteiger charge is 2.36. The Bertz CT molecular complexity index is 859. The van der Waals surface area contributed by atoms with Gasteiger partial charge in [0.2, 0.25) is 0 Å². The molecule has 2 amide bonds. The number of urea groups is 1. The maximum atomic E-state index is 12.7. The summed E-state index contributed by atoms with van der Waals surface area (Å²) in [6.45, 7) is 3.20. The predicted molar refractivity (Wildman–Crippen MR) is 96.2 cm³/mol. The number of carbonyl (C=O) groups is 1. The molecule has 0 aromatic carbocycles. The van der Waals surface area contributed by atoms with Gasteiger partial charge >= 0.3 is 6.03 Å². The van der Waals surface area contributed by atoms with Crippen LogP contribution >= 0.6 is 0 Å². The van der Waals surface area contributed by atoms with Gasteiger partial charge in [-0.25, -0.2) is 4.79 Å². The summed E-state index contributed by atoms with van der Waals surface area (Å²) in [6.07, 6.45) is 4.48. The van der Waals surface area contributed by atoms with E-state index in [9.17, 15) is 9.59 Å². The molecule has 2 aromatic rings. The fraction of sp³-hybridized carbons (Fsp3) is 0.500. The van der Waals surface area contributed by atoms with Crippen molar-refractivity contribution in [3.63, 3.8) is 0 Å². The summed E-state index contributed by atoms with van der Waals surface area (Å²) in [5.41, 5.74) is 1.77. The molecule has 8 heteroatoms. The van der Waals surface area contributed by atoms with Crippen LogP contribution in [0.2, 0.25) is 0 Å². The van der Waals surface area contributed by atoms with Gasteiger partial charge in [0.05, 0.1) is 25.0 Å². The molecule has 2 aromatic heterocycles. The number of piperidine rings is 1. The molecule has 26 heavy (non-hydrogen) atoms. The number of nitrogens with zero attached hydrogens (tertiary/aromatic N) is 4. The maximum absolute atomic E-state index is 12.7. The molecule has 0 spiro atoms. The molecule has 1 saturated heterocycles. The molecule has 2 aliphatic rings. The molecule has 0 aliphatic carbocycles. The van der Waals surface area contributed by atoms with E-state index in [1.165, 1.54) is 0 Å². The van der Waals surface area contributed by atoms with Crippen molar-refractivity contribution < 1.29 is 9.53 Å². The fourth-order valence-corrected chi connectivity index (χ4v) is 4.00. The highest BCUT2D eigenvalue weighted by molar-refractivity contribution is 5.89. The van der Waals surface area contributed by atoms with Crippen molar-refractivity contribution in [2.75, 3.05) is 32.1 Å². The first-order valence-electron chi connectivity index (χ1n) is 8.91. The van der Waals surface area contributed by atoms with Crippen LogP contribution in [0, 0.1) is 5.92 Å². The summed E-state index contributed by atoms with van der Waals surface area (Å²) in [7, 11) is 1.64. The van der Waals surface area contributed by atoms with Gasteiger partial charge in [-0.1, -0.05) is 6.07 Å². The second kappa shape index (κ2) is 6.95. The SMILES string of the molecule is COCCn1cc(NC(=O)N2C[C@@H]3C[C@H](C2)c2cccc(=O)n2C3)cn1. The molecule has 0 radical (unpaired) electrons. The highest BCUT2D eigenvalue weighted by atomic mass is 16.5. The Balaban J connectivity index is 1.44. The average Bonchev–Trinajstić information content (AvgIpc) is 3.08. The number of fused-ring (bicyclic) bond motifs is 4. The zero-order valence-electron chi connectivity index (χ0n) is 14.8. The molecule has 4 heterocycles. The van der Waals surface area contributed by atoms with Crippen molar-refractivity contribution in [3.8, 4) is 0 Å². The van der Waals surface area contributed by atoms with E-state index < -0.39 is 0 Å². The van der Waals surface area contributed by atoms with Crippen molar-refractivity contribution in [3.05, 3.63) is 46.6 Å². The van der Waals surface area contributed by atoms with Gasteiger partial charge in [-0.15, -0.1) is 0 Å². The van der Waals surface area contributed by atoms with E-state index in [4.69, 9.17) is 4.74 Å². The number of aromatic nitrogens is 3. The van der Waals surface area contributed by atoms with E-state index in [0.717, 1.165) is 12.1 Å². The molecule has 2 aliphatic heterocycles. The zero-order chi connectivity index (χ0) is 18.1. The van der Waals surface area contributed by atoms with E-state index >= 15 is 0 Å². The molecule has 138 valence electrons. The summed E-state index contributed by atoms with van der Waals surface area (Å²) in [5, 5.41) is 7.14. The Morgan fingerprint density at radius 2 is 2.23 bits per heavy atom. The van der Waals surface area contributed by atoms with Crippen LogP contribution in [0.5, 0.6) is 0 Å². The minimum atomic E-state index is -0.113. The monoisotopic (exact) mass is 357 g/mol. The minimum Gasteiger partial charge on any atom is -0.383 e. The number of nitrogens with one attached hydrogen (secondary N) is 1. The predicted octanol–water partition coefficient (Wildman–Crippen LogP) is 1.34. The van der Waals surface area contributed by atoms with E-state index in [1.807, 2.05) is 21.6 Å². The van der Waals surface area contributed by atoms with Crippen molar-refractivity contribution >= 4 is 11.7 Å². The number of anilines is 1. The number of hydrogen-bond acceptors (Lipinski definition) is 4. The van der Waals surface area contributed by atoms with Crippen molar-refractivity contribution in [1.29, 1.82) is 0 Å². The van der Waals surface area contributed by atoms with Gasteiger partial charge in [-0.05, 0) is 18.4 Å². The largest absolute Gasteiger partial charge is 0.383 e. The van der Waals surface area contributed by atoms with E-state index in [0.29, 0.717) is 44.4 Å². The van der Waals surface area contributed by atoms with Gasteiger partial charge in [0, 0.05) is 50.6 Å². The van der Waals surface area contributed by atoms with Crippen molar-refractivity contribution in [2.45, 2.75) is 25.4 Å². The van der Waals surface area contributed by atoms with Gasteiger partial charge in [0.25, 0.3) is 5.56 Å². The molecule has 1 fully saturated rings. The summed E-state index contributed by atoms with van der Waals surface area (Å²) in [5.74, 6) is 0.531. The summed E-state index contributed by atoms with van der Waals surface area (Å²) < 4.78 is 8.64. The van der Waals surface area contributed by atoms with Crippen LogP contribution in [0.4, 0.5) is 10.5 Å².